The van der Waals surface area contributed by atoms with Crippen molar-refractivity contribution >= 4 is 56.5 Å². The van der Waals surface area contributed by atoms with Crippen LogP contribution in [-0.2, 0) is 12.6 Å². The quantitative estimate of drug-likeness (QED) is 0.200. The molecule has 210 valence electrons. The van der Waals surface area contributed by atoms with E-state index in [9.17, 15) is 18.0 Å². The van der Waals surface area contributed by atoms with E-state index in [2.05, 4.69) is 10.3 Å². The normalized spacial score (nSPS) is 11.6. The van der Waals surface area contributed by atoms with Gasteiger partial charge in [0, 0.05) is 28.4 Å². The summed E-state index contributed by atoms with van der Waals surface area (Å²) >= 11 is 13.2. The lowest BCUT2D eigenvalue weighted by Gasteiger charge is -2.10. The Bertz CT molecular complexity index is 1950. The first-order valence-electron chi connectivity index (χ1n) is 12.5. The molecule has 3 heterocycles. The zero-order valence-corrected chi connectivity index (χ0v) is 23.7. The number of rotatable bonds is 6. The highest BCUT2D eigenvalue weighted by Gasteiger charge is 2.33. The number of benzene rings is 3. The van der Waals surface area contributed by atoms with Crippen molar-refractivity contribution < 1.29 is 22.4 Å². The zero-order chi connectivity index (χ0) is 29.4. The second-order valence-electron chi connectivity index (χ2n) is 9.29. The molecule has 0 fully saturated rings. The number of hydrogen-bond donors (Lipinski definition) is 1. The predicted molar refractivity (Wildman–Crippen MR) is 159 cm³/mol. The number of nitrogens with one attached hydrogen (secondary N) is 1. The minimum absolute atomic E-state index is 0.197. The maximum absolute atomic E-state index is 13.5. The fourth-order valence-corrected chi connectivity index (χ4v) is 5.78. The first kappa shape index (κ1) is 28.0. The summed E-state index contributed by atoms with van der Waals surface area (Å²) in [6, 6.07) is 23.5. The molecule has 0 atom stereocenters. The number of anilines is 1. The van der Waals surface area contributed by atoms with Crippen molar-refractivity contribution in [3.05, 3.63) is 123 Å². The molecule has 0 unspecified atom stereocenters. The molecule has 0 spiro atoms. The van der Waals surface area contributed by atoms with E-state index in [0.717, 1.165) is 11.6 Å². The summed E-state index contributed by atoms with van der Waals surface area (Å²) in [7, 11) is 0. The summed E-state index contributed by atoms with van der Waals surface area (Å²) in [5.74, 6) is 0.608. The lowest BCUT2D eigenvalue weighted by molar-refractivity contribution is -0.137. The highest BCUT2D eigenvalue weighted by Crippen LogP contribution is 2.36. The SMILES string of the molecule is O=C(Nc1ncc(Cc2ccc(Cl)c(C(F)(F)F)c2)s1)c1cc(-c2ccc(-c3ccccc3Cl)o2)nc2ccccc12. The van der Waals surface area contributed by atoms with E-state index < -0.39 is 17.6 Å². The van der Waals surface area contributed by atoms with Crippen LogP contribution in [0.5, 0.6) is 0 Å². The van der Waals surface area contributed by atoms with Gasteiger partial charge >= 0.3 is 6.18 Å². The number of halogens is 5. The van der Waals surface area contributed by atoms with Crippen LogP contribution < -0.4 is 5.32 Å². The Morgan fingerprint density at radius 1 is 0.905 bits per heavy atom. The van der Waals surface area contributed by atoms with Crippen LogP contribution >= 0.6 is 34.5 Å². The van der Waals surface area contributed by atoms with E-state index in [1.165, 1.54) is 29.7 Å². The van der Waals surface area contributed by atoms with Gasteiger partial charge in [0.05, 0.1) is 26.7 Å². The van der Waals surface area contributed by atoms with Gasteiger partial charge < -0.3 is 4.42 Å². The van der Waals surface area contributed by atoms with Gasteiger partial charge in [-0.15, -0.1) is 11.3 Å². The number of pyridine rings is 1. The molecule has 0 aliphatic heterocycles. The van der Waals surface area contributed by atoms with E-state index >= 15 is 0 Å². The Morgan fingerprint density at radius 3 is 2.48 bits per heavy atom. The third-order valence-electron chi connectivity index (χ3n) is 6.45. The van der Waals surface area contributed by atoms with E-state index in [1.807, 2.05) is 30.3 Å². The average Bonchev–Trinajstić information content (AvgIpc) is 3.63. The van der Waals surface area contributed by atoms with Crippen molar-refractivity contribution in [2.45, 2.75) is 12.6 Å². The maximum Gasteiger partial charge on any atom is 0.417 e. The molecule has 1 N–H and O–H groups in total. The van der Waals surface area contributed by atoms with Crippen LogP contribution in [0.2, 0.25) is 10.0 Å². The standard InChI is InChI=1S/C31H18Cl2F3N3O2S/c32-23-7-3-1-6-20(23)27-11-12-28(41-27)26-15-21(19-5-2-4-8-25(19)38-26)29(40)39-30-37-16-18(42-30)13-17-9-10-24(33)22(14-17)31(34,35)36/h1-12,14-16H,13H2,(H,37,39,40). The number of amides is 1. The number of carbonyl (C=O) groups excluding carboxylic acids is 1. The first-order chi connectivity index (χ1) is 20.2. The molecular formula is C31H18Cl2F3N3O2S. The molecule has 11 heteroatoms. The molecular weight excluding hydrogens is 606 g/mol. The number of para-hydroxylation sites is 1. The van der Waals surface area contributed by atoms with Gasteiger partial charge in [0.1, 0.15) is 11.5 Å². The van der Waals surface area contributed by atoms with Crippen LogP contribution in [0, 0.1) is 0 Å². The zero-order valence-electron chi connectivity index (χ0n) is 21.4. The lowest BCUT2D eigenvalue weighted by atomic mass is 10.1. The molecule has 3 aromatic heterocycles. The van der Waals surface area contributed by atoms with Crippen LogP contribution in [0.3, 0.4) is 0 Å². The predicted octanol–water partition coefficient (Wildman–Crippen LogP) is 9.79. The molecule has 6 aromatic rings. The van der Waals surface area contributed by atoms with Gasteiger partial charge in [-0.05, 0) is 54.1 Å². The molecule has 42 heavy (non-hydrogen) atoms. The summed E-state index contributed by atoms with van der Waals surface area (Å²) in [4.78, 5) is 23.1. The highest BCUT2D eigenvalue weighted by molar-refractivity contribution is 7.15. The molecule has 0 saturated heterocycles. The monoisotopic (exact) mass is 623 g/mol. The van der Waals surface area contributed by atoms with Gasteiger partial charge in [-0.25, -0.2) is 9.97 Å². The largest absolute Gasteiger partial charge is 0.454 e. The van der Waals surface area contributed by atoms with Gasteiger partial charge in [-0.2, -0.15) is 13.2 Å². The summed E-state index contributed by atoms with van der Waals surface area (Å²) in [5, 5.41) is 3.94. The Morgan fingerprint density at radius 2 is 1.67 bits per heavy atom. The fourth-order valence-electron chi connectivity index (χ4n) is 4.48. The van der Waals surface area contributed by atoms with Crippen molar-refractivity contribution in [3.8, 4) is 22.8 Å². The van der Waals surface area contributed by atoms with E-state index in [-0.39, 0.29) is 11.4 Å². The summed E-state index contributed by atoms with van der Waals surface area (Å²) in [5.41, 5.74) is 1.68. The summed E-state index contributed by atoms with van der Waals surface area (Å²) in [6.07, 6.45) is -2.84. The summed E-state index contributed by atoms with van der Waals surface area (Å²) in [6.45, 7) is 0. The van der Waals surface area contributed by atoms with E-state index in [1.54, 1.807) is 36.4 Å². The van der Waals surface area contributed by atoms with Crippen LogP contribution in [0.25, 0.3) is 33.7 Å². The van der Waals surface area contributed by atoms with Crippen molar-refractivity contribution in [2.75, 3.05) is 5.32 Å². The number of fused-ring (bicyclic) bond motifs is 1. The molecule has 0 aliphatic rings. The maximum atomic E-state index is 13.5. The second kappa shape index (κ2) is 11.2. The Labute approximate surface area is 251 Å². The molecule has 0 radical (unpaired) electrons. The first-order valence-corrected chi connectivity index (χ1v) is 14.1. The summed E-state index contributed by atoms with van der Waals surface area (Å²) < 4.78 is 45.9. The minimum Gasteiger partial charge on any atom is -0.454 e. The molecule has 5 nitrogen and oxygen atoms in total. The average molecular weight is 624 g/mol. The van der Waals surface area contributed by atoms with Gasteiger partial charge in [0.25, 0.3) is 5.91 Å². The van der Waals surface area contributed by atoms with Crippen molar-refractivity contribution in [3.63, 3.8) is 0 Å². The number of alkyl halides is 3. The topological polar surface area (TPSA) is 68.0 Å². The van der Waals surface area contributed by atoms with Crippen LogP contribution in [0.4, 0.5) is 18.3 Å². The van der Waals surface area contributed by atoms with Crippen molar-refractivity contribution in [2.24, 2.45) is 0 Å². The Kier molecular flexibility index (Phi) is 7.49. The molecule has 0 saturated carbocycles. The third kappa shape index (κ3) is 5.76. The Hall–Kier alpha value is -4.18. The van der Waals surface area contributed by atoms with Gasteiger partial charge in [-0.3, -0.25) is 10.1 Å². The highest BCUT2D eigenvalue weighted by atomic mass is 35.5. The number of aromatic nitrogens is 2. The van der Waals surface area contributed by atoms with Gasteiger partial charge in [0.15, 0.2) is 10.9 Å². The second-order valence-corrected chi connectivity index (χ2v) is 11.2. The van der Waals surface area contributed by atoms with Crippen molar-refractivity contribution in [1.82, 2.24) is 9.97 Å². The number of nitrogens with zero attached hydrogens (tertiary/aromatic N) is 2. The van der Waals surface area contributed by atoms with Crippen molar-refractivity contribution in [1.29, 1.82) is 0 Å². The number of hydrogen-bond acceptors (Lipinski definition) is 5. The lowest BCUT2D eigenvalue weighted by Crippen LogP contribution is -2.12. The number of carbonyl (C=O) groups is 1. The van der Waals surface area contributed by atoms with Crippen LogP contribution in [0.1, 0.15) is 26.4 Å². The van der Waals surface area contributed by atoms with Gasteiger partial charge in [-0.1, -0.05) is 59.6 Å². The smallest absolute Gasteiger partial charge is 0.417 e. The third-order valence-corrected chi connectivity index (χ3v) is 8.02. The number of thiazole rings is 1. The minimum atomic E-state index is -4.56. The van der Waals surface area contributed by atoms with E-state index in [0.29, 0.717) is 54.3 Å². The Balaban J connectivity index is 1.27. The molecule has 1 amide bonds. The van der Waals surface area contributed by atoms with Gasteiger partial charge in [0.2, 0.25) is 0 Å². The molecule has 3 aromatic carbocycles. The van der Waals surface area contributed by atoms with E-state index in [4.69, 9.17) is 32.6 Å². The molecule has 0 bridgehead atoms. The van der Waals surface area contributed by atoms with Crippen LogP contribution in [0.15, 0.2) is 95.5 Å². The number of furan rings is 1. The van der Waals surface area contributed by atoms with Crippen LogP contribution in [-0.4, -0.2) is 15.9 Å². The molecule has 0 aliphatic carbocycles. The molecule has 6 rings (SSSR count). The fraction of sp³-hybridized carbons (Fsp3) is 0.0645.